The summed E-state index contributed by atoms with van der Waals surface area (Å²) in [6.45, 7) is 4.29. The van der Waals surface area contributed by atoms with E-state index in [1.807, 2.05) is 32.0 Å². The molecule has 3 heterocycles. The van der Waals surface area contributed by atoms with Crippen molar-refractivity contribution in [3.63, 3.8) is 0 Å². The second-order valence-corrected chi connectivity index (χ2v) is 7.61. The molecule has 160 valence electrons. The van der Waals surface area contributed by atoms with Gasteiger partial charge in [-0.25, -0.2) is 4.98 Å². The summed E-state index contributed by atoms with van der Waals surface area (Å²) >= 11 is 6.26. The van der Waals surface area contributed by atoms with E-state index in [-0.39, 0.29) is 18.4 Å². The van der Waals surface area contributed by atoms with Crippen LogP contribution < -0.4 is 4.74 Å². The molecule has 0 fully saturated rings. The maximum atomic E-state index is 10.8. The first kappa shape index (κ1) is 20.8. The molecule has 0 aliphatic heterocycles. The summed E-state index contributed by atoms with van der Waals surface area (Å²) in [4.78, 5) is 19.5. The maximum Gasteiger partial charge on any atom is 0.303 e. The number of aromatic nitrogens is 5. The third kappa shape index (κ3) is 4.51. The first-order chi connectivity index (χ1) is 14.9. The van der Waals surface area contributed by atoms with Gasteiger partial charge < -0.3 is 14.4 Å². The van der Waals surface area contributed by atoms with Gasteiger partial charge in [0.25, 0.3) is 5.89 Å². The lowest BCUT2D eigenvalue weighted by atomic mass is 10.1. The number of hydrogen-bond donors (Lipinski definition) is 1. The first-order valence-corrected chi connectivity index (χ1v) is 10.1. The summed E-state index contributed by atoms with van der Waals surface area (Å²) < 4.78 is 12.8. The van der Waals surface area contributed by atoms with Gasteiger partial charge in [0.2, 0.25) is 11.7 Å². The van der Waals surface area contributed by atoms with E-state index in [1.165, 1.54) is 0 Å². The zero-order valence-electron chi connectivity index (χ0n) is 16.9. The largest absolute Gasteiger partial charge is 0.481 e. The molecular weight excluding hydrogens is 422 g/mol. The fourth-order valence-electron chi connectivity index (χ4n) is 3.16. The number of benzene rings is 1. The Hall–Kier alpha value is -3.46. The Morgan fingerprint density at radius 3 is 2.90 bits per heavy atom. The molecule has 3 aromatic heterocycles. The van der Waals surface area contributed by atoms with Crippen LogP contribution in [0.4, 0.5) is 0 Å². The SMILES string of the molecule is CC(C)Oc1ncc(-c2nc(-c3cccc4c3cnn4CCCC(=O)O)no2)cc1Cl. The summed E-state index contributed by atoms with van der Waals surface area (Å²) in [6, 6.07) is 7.35. The molecule has 31 heavy (non-hydrogen) atoms. The second-order valence-electron chi connectivity index (χ2n) is 7.20. The zero-order chi connectivity index (χ0) is 22.0. The molecule has 0 aliphatic carbocycles. The summed E-state index contributed by atoms with van der Waals surface area (Å²) in [7, 11) is 0. The highest BCUT2D eigenvalue weighted by atomic mass is 35.5. The highest BCUT2D eigenvalue weighted by Gasteiger charge is 2.17. The van der Waals surface area contributed by atoms with Gasteiger partial charge in [-0.15, -0.1) is 0 Å². The number of carboxylic acids is 1. The summed E-state index contributed by atoms with van der Waals surface area (Å²) in [5.41, 5.74) is 2.21. The molecule has 9 nitrogen and oxygen atoms in total. The Balaban J connectivity index is 1.61. The summed E-state index contributed by atoms with van der Waals surface area (Å²) in [6.07, 6.45) is 3.83. The molecule has 4 aromatic rings. The maximum absolute atomic E-state index is 10.8. The average Bonchev–Trinajstić information content (AvgIpc) is 3.36. The number of carbonyl (C=O) groups is 1. The number of fused-ring (bicyclic) bond motifs is 1. The Morgan fingerprint density at radius 2 is 2.16 bits per heavy atom. The molecule has 0 saturated carbocycles. The molecule has 0 radical (unpaired) electrons. The van der Waals surface area contributed by atoms with Crippen molar-refractivity contribution in [1.82, 2.24) is 24.9 Å². The number of aliphatic carboxylic acids is 1. The van der Waals surface area contributed by atoms with E-state index < -0.39 is 5.97 Å². The van der Waals surface area contributed by atoms with Crippen LogP contribution >= 0.6 is 11.6 Å². The molecule has 1 aromatic carbocycles. The van der Waals surface area contributed by atoms with Crippen LogP contribution in [0.1, 0.15) is 26.7 Å². The van der Waals surface area contributed by atoms with Crippen molar-refractivity contribution in [1.29, 1.82) is 0 Å². The zero-order valence-corrected chi connectivity index (χ0v) is 17.7. The first-order valence-electron chi connectivity index (χ1n) is 9.75. The van der Waals surface area contributed by atoms with Crippen molar-refractivity contribution >= 4 is 28.5 Å². The van der Waals surface area contributed by atoms with Crippen LogP contribution in [-0.4, -0.2) is 42.1 Å². The molecule has 0 bridgehead atoms. The van der Waals surface area contributed by atoms with Gasteiger partial charge >= 0.3 is 5.97 Å². The highest BCUT2D eigenvalue weighted by molar-refractivity contribution is 6.32. The smallest absolute Gasteiger partial charge is 0.303 e. The number of ether oxygens (including phenoxy) is 1. The quantitative estimate of drug-likeness (QED) is 0.426. The highest BCUT2D eigenvalue weighted by Crippen LogP contribution is 2.31. The lowest BCUT2D eigenvalue weighted by molar-refractivity contribution is -0.137. The van der Waals surface area contributed by atoms with Crippen LogP contribution in [0.2, 0.25) is 5.02 Å². The van der Waals surface area contributed by atoms with E-state index >= 15 is 0 Å². The lowest BCUT2D eigenvalue weighted by Gasteiger charge is -2.09. The van der Waals surface area contributed by atoms with E-state index in [9.17, 15) is 4.79 Å². The van der Waals surface area contributed by atoms with Crippen molar-refractivity contribution < 1.29 is 19.2 Å². The van der Waals surface area contributed by atoms with Crippen molar-refractivity contribution in [3.8, 4) is 28.7 Å². The van der Waals surface area contributed by atoms with Crippen LogP contribution in [0.25, 0.3) is 33.7 Å². The van der Waals surface area contributed by atoms with Gasteiger partial charge in [0, 0.05) is 30.1 Å². The minimum atomic E-state index is -0.824. The van der Waals surface area contributed by atoms with Gasteiger partial charge in [0.1, 0.15) is 5.02 Å². The van der Waals surface area contributed by atoms with Crippen LogP contribution in [0.3, 0.4) is 0 Å². The predicted molar refractivity (Wildman–Crippen MR) is 114 cm³/mol. The molecule has 0 amide bonds. The fourth-order valence-corrected chi connectivity index (χ4v) is 3.37. The van der Waals surface area contributed by atoms with E-state index in [4.69, 9.17) is 26.0 Å². The number of hydrogen-bond acceptors (Lipinski definition) is 7. The minimum Gasteiger partial charge on any atom is -0.481 e. The Morgan fingerprint density at radius 1 is 1.32 bits per heavy atom. The third-order valence-electron chi connectivity index (χ3n) is 4.52. The van der Waals surface area contributed by atoms with Gasteiger partial charge in [-0.1, -0.05) is 28.9 Å². The average molecular weight is 442 g/mol. The normalized spacial score (nSPS) is 11.4. The number of aryl methyl sites for hydroxylation is 1. The van der Waals surface area contributed by atoms with Crippen molar-refractivity contribution in [3.05, 3.63) is 41.7 Å². The van der Waals surface area contributed by atoms with Crippen LogP contribution in [-0.2, 0) is 11.3 Å². The molecular formula is C21H20ClN5O4. The molecule has 0 saturated heterocycles. The van der Waals surface area contributed by atoms with E-state index in [0.29, 0.717) is 35.3 Å². The van der Waals surface area contributed by atoms with Gasteiger partial charge in [-0.05, 0) is 32.4 Å². The van der Waals surface area contributed by atoms with Crippen LogP contribution in [0.5, 0.6) is 5.88 Å². The van der Waals surface area contributed by atoms with Gasteiger partial charge in [-0.3, -0.25) is 9.48 Å². The number of rotatable bonds is 8. The van der Waals surface area contributed by atoms with Crippen molar-refractivity contribution in [2.45, 2.75) is 39.3 Å². The molecule has 0 atom stereocenters. The standard InChI is InChI=1S/C21H20ClN5O4/c1-12(2)30-21-16(22)9-13(10-23-21)20-25-19(26-31-20)14-5-3-6-17-15(14)11-24-27(17)8-4-7-18(28)29/h3,5-6,9-12H,4,7-8H2,1-2H3,(H,28,29). The molecule has 0 aliphatic rings. The van der Waals surface area contributed by atoms with Gasteiger partial charge in [-0.2, -0.15) is 10.1 Å². The van der Waals surface area contributed by atoms with E-state index in [1.54, 1.807) is 23.1 Å². The Bertz CT molecular complexity index is 1230. The molecule has 0 spiro atoms. The van der Waals surface area contributed by atoms with Crippen LogP contribution in [0, 0.1) is 0 Å². The van der Waals surface area contributed by atoms with Crippen molar-refractivity contribution in [2.24, 2.45) is 0 Å². The van der Waals surface area contributed by atoms with Gasteiger partial charge in [0.05, 0.1) is 23.4 Å². The monoisotopic (exact) mass is 441 g/mol. The molecule has 4 rings (SSSR count). The van der Waals surface area contributed by atoms with E-state index in [0.717, 1.165) is 16.5 Å². The Kier molecular flexibility index (Phi) is 5.85. The number of halogens is 1. The molecule has 0 unspecified atom stereocenters. The van der Waals surface area contributed by atoms with Crippen LogP contribution in [0.15, 0.2) is 41.2 Å². The number of carboxylic acid groups (broad SMARTS) is 1. The lowest BCUT2D eigenvalue weighted by Crippen LogP contribution is -2.07. The topological polar surface area (TPSA) is 116 Å². The minimum absolute atomic E-state index is 0.0450. The second kappa shape index (κ2) is 8.73. The van der Waals surface area contributed by atoms with Crippen molar-refractivity contribution in [2.75, 3.05) is 0 Å². The molecule has 10 heteroatoms. The number of nitrogens with zero attached hydrogens (tertiary/aromatic N) is 5. The number of pyridine rings is 1. The Labute approximate surface area is 182 Å². The van der Waals surface area contributed by atoms with E-state index in [2.05, 4.69) is 20.2 Å². The molecule has 1 N–H and O–H groups in total. The predicted octanol–water partition coefficient (Wildman–Crippen LogP) is 4.45. The summed E-state index contributed by atoms with van der Waals surface area (Å²) in [5.74, 6) is 0.214. The van der Waals surface area contributed by atoms with Gasteiger partial charge in [0.15, 0.2) is 0 Å². The summed E-state index contributed by atoms with van der Waals surface area (Å²) in [5, 5.41) is 18.5. The third-order valence-corrected chi connectivity index (χ3v) is 4.79. The fraction of sp³-hybridized carbons (Fsp3) is 0.286.